The Kier molecular flexibility index (Phi) is 4.15. The summed E-state index contributed by atoms with van der Waals surface area (Å²) in [6.45, 7) is 0.456. The highest BCUT2D eigenvalue weighted by molar-refractivity contribution is 5.98. The van der Waals surface area contributed by atoms with Crippen LogP contribution in [0.1, 0.15) is 23.2 Å². The van der Waals surface area contributed by atoms with Crippen LogP contribution in [0, 0.1) is 21.8 Å². The molecule has 1 aliphatic heterocycles. The van der Waals surface area contributed by atoms with Crippen LogP contribution in [0.25, 0.3) is 0 Å². The van der Waals surface area contributed by atoms with Crippen molar-refractivity contribution in [2.24, 2.45) is 11.7 Å². The summed E-state index contributed by atoms with van der Waals surface area (Å²) in [6.07, 6.45) is 1.15. The van der Waals surface area contributed by atoms with Gasteiger partial charge in [-0.1, -0.05) is 0 Å². The molecule has 1 fully saturated rings. The zero-order chi connectivity index (χ0) is 15.6. The third-order valence-electron chi connectivity index (χ3n) is 3.50. The molecule has 7 nitrogen and oxygen atoms in total. The number of primary amides is 1. The van der Waals surface area contributed by atoms with Crippen molar-refractivity contribution >= 4 is 17.5 Å². The molecule has 8 heteroatoms. The summed E-state index contributed by atoms with van der Waals surface area (Å²) in [5.41, 5.74) is 4.45. The standard InChI is InChI=1S/C13H14FN3O4/c14-9-3-4-11(17(20)21)10(6-9)13(19)16-5-1-2-8(7-16)12(15)18/h3-4,6,8H,1-2,5,7H2,(H2,15,18). The summed E-state index contributed by atoms with van der Waals surface area (Å²) in [4.78, 5) is 35.1. The van der Waals surface area contributed by atoms with Gasteiger partial charge in [0, 0.05) is 19.2 Å². The molecule has 1 unspecified atom stereocenters. The summed E-state index contributed by atoms with van der Waals surface area (Å²) >= 11 is 0. The minimum Gasteiger partial charge on any atom is -0.369 e. The van der Waals surface area contributed by atoms with Crippen LogP contribution in [0.3, 0.4) is 0 Å². The highest BCUT2D eigenvalue weighted by atomic mass is 19.1. The van der Waals surface area contributed by atoms with Gasteiger partial charge in [-0.2, -0.15) is 0 Å². The van der Waals surface area contributed by atoms with Gasteiger partial charge in [0.1, 0.15) is 11.4 Å². The van der Waals surface area contributed by atoms with E-state index in [2.05, 4.69) is 0 Å². The van der Waals surface area contributed by atoms with Gasteiger partial charge in [-0.15, -0.1) is 0 Å². The fourth-order valence-corrected chi connectivity index (χ4v) is 2.40. The molecule has 1 atom stereocenters. The Labute approximate surface area is 119 Å². The SMILES string of the molecule is NC(=O)C1CCCN(C(=O)c2cc(F)ccc2[N+](=O)[O-])C1. The van der Waals surface area contributed by atoms with Crippen molar-refractivity contribution in [2.45, 2.75) is 12.8 Å². The van der Waals surface area contributed by atoms with E-state index in [1.54, 1.807) is 0 Å². The summed E-state index contributed by atoms with van der Waals surface area (Å²) in [5, 5.41) is 10.9. The van der Waals surface area contributed by atoms with E-state index in [9.17, 15) is 24.1 Å². The van der Waals surface area contributed by atoms with Crippen molar-refractivity contribution in [1.29, 1.82) is 0 Å². The van der Waals surface area contributed by atoms with Gasteiger partial charge in [-0.3, -0.25) is 19.7 Å². The van der Waals surface area contributed by atoms with E-state index < -0.39 is 34.2 Å². The van der Waals surface area contributed by atoms with E-state index in [1.807, 2.05) is 0 Å². The van der Waals surface area contributed by atoms with E-state index in [0.29, 0.717) is 19.4 Å². The van der Waals surface area contributed by atoms with Crippen LogP contribution in [0.4, 0.5) is 10.1 Å². The topological polar surface area (TPSA) is 107 Å². The van der Waals surface area contributed by atoms with Crippen LogP contribution < -0.4 is 5.73 Å². The maximum absolute atomic E-state index is 13.3. The molecular formula is C13H14FN3O4. The Balaban J connectivity index is 2.29. The van der Waals surface area contributed by atoms with E-state index in [4.69, 9.17) is 5.73 Å². The number of rotatable bonds is 3. The van der Waals surface area contributed by atoms with Crippen molar-refractivity contribution in [3.63, 3.8) is 0 Å². The Hall–Kier alpha value is -2.51. The van der Waals surface area contributed by atoms with E-state index >= 15 is 0 Å². The van der Waals surface area contributed by atoms with Crippen molar-refractivity contribution in [3.8, 4) is 0 Å². The summed E-state index contributed by atoms with van der Waals surface area (Å²) < 4.78 is 13.3. The summed E-state index contributed by atoms with van der Waals surface area (Å²) in [7, 11) is 0. The second kappa shape index (κ2) is 5.86. The minimum absolute atomic E-state index is 0.0990. The molecule has 0 aromatic heterocycles. The number of hydrogen-bond donors (Lipinski definition) is 1. The van der Waals surface area contributed by atoms with Crippen LogP contribution in [0.2, 0.25) is 0 Å². The van der Waals surface area contributed by atoms with Gasteiger partial charge in [-0.25, -0.2) is 4.39 Å². The maximum Gasteiger partial charge on any atom is 0.282 e. The Bertz CT molecular complexity index is 605. The van der Waals surface area contributed by atoms with E-state index in [0.717, 1.165) is 18.2 Å². The zero-order valence-corrected chi connectivity index (χ0v) is 11.1. The Morgan fingerprint density at radius 1 is 1.43 bits per heavy atom. The predicted molar refractivity (Wildman–Crippen MR) is 70.9 cm³/mol. The number of halogens is 1. The number of hydrogen-bond acceptors (Lipinski definition) is 4. The van der Waals surface area contributed by atoms with Crippen molar-refractivity contribution < 1.29 is 18.9 Å². The number of carbonyl (C=O) groups excluding carboxylic acids is 2. The van der Waals surface area contributed by atoms with E-state index in [1.165, 1.54) is 4.90 Å². The minimum atomic E-state index is -0.734. The van der Waals surface area contributed by atoms with Crippen LogP contribution in [0.5, 0.6) is 0 Å². The molecule has 1 aromatic carbocycles. The van der Waals surface area contributed by atoms with Crippen LogP contribution >= 0.6 is 0 Å². The van der Waals surface area contributed by atoms with Gasteiger partial charge in [0.05, 0.1) is 10.8 Å². The zero-order valence-electron chi connectivity index (χ0n) is 11.1. The summed E-state index contributed by atoms with van der Waals surface area (Å²) in [6, 6.07) is 2.73. The average Bonchev–Trinajstić information content (AvgIpc) is 2.46. The third-order valence-corrected chi connectivity index (χ3v) is 3.50. The van der Waals surface area contributed by atoms with Gasteiger partial charge in [0.15, 0.2) is 0 Å². The molecule has 2 amide bonds. The lowest BCUT2D eigenvalue weighted by Gasteiger charge is -2.31. The molecule has 0 spiro atoms. The quantitative estimate of drug-likeness (QED) is 0.664. The summed E-state index contributed by atoms with van der Waals surface area (Å²) in [5.74, 6) is -2.38. The first kappa shape index (κ1) is 14.9. The molecule has 21 heavy (non-hydrogen) atoms. The van der Waals surface area contributed by atoms with E-state index in [-0.39, 0.29) is 12.1 Å². The van der Waals surface area contributed by atoms with Gasteiger partial charge in [0.25, 0.3) is 11.6 Å². The van der Waals surface area contributed by atoms with Crippen LogP contribution in [0.15, 0.2) is 18.2 Å². The smallest absolute Gasteiger partial charge is 0.282 e. The predicted octanol–water partition coefficient (Wildman–Crippen LogP) is 1.07. The molecule has 2 rings (SSSR count). The van der Waals surface area contributed by atoms with Gasteiger partial charge < -0.3 is 10.6 Å². The normalized spacial score (nSPS) is 18.3. The maximum atomic E-state index is 13.3. The molecule has 2 N–H and O–H groups in total. The highest BCUT2D eigenvalue weighted by Gasteiger charge is 2.31. The van der Waals surface area contributed by atoms with Crippen molar-refractivity contribution in [2.75, 3.05) is 13.1 Å². The van der Waals surface area contributed by atoms with Gasteiger partial charge in [-0.05, 0) is 25.0 Å². The van der Waals surface area contributed by atoms with Crippen molar-refractivity contribution in [3.05, 3.63) is 39.7 Å². The number of nitrogens with two attached hydrogens (primary N) is 1. The molecule has 0 aliphatic carbocycles. The first-order valence-corrected chi connectivity index (χ1v) is 6.42. The lowest BCUT2D eigenvalue weighted by molar-refractivity contribution is -0.385. The third kappa shape index (κ3) is 3.15. The fourth-order valence-electron chi connectivity index (χ4n) is 2.40. The molecule has 0 bridgehead atoms. The Morgan fingerprint density at radius 2 is 2.14 bits per heavy atom. The van der Waals surface area contributed by atoms with Gasteiger partial charge in [0.2, 0.25) is 5.91 Å². The molecule has 1 aromatic rings. The highest BCUT2D eigenvalue weighted by Crippen LogP contribution is 2.24. The fraction of sp³-hybridized carbons (Fsp3) is 0.385. The number of nitro benzene ring substituents is 1. The first-order valence-electron chi connectivity index (χ1n) is 6.42. The number of likely N-dealkylation sites (tertiary alicyclic amines) is 1. The monoisotopic (exact) mass is 295 g/mol. The number of benzene rings is 1. The largest absolute Gasteiger partial charge is 0.369 e. The molecule has 1 saturated heterocycles. The molecule has 1 heterocycles. The lowest BCUT2D eigenvalue weighted by Crippen LogP contribution is -2.44. The van der Waals surface area contributed by atoms with Crippen LogP contribution in [-0.2, 0) is 4.79 Å². The molecular weight excluding hydrogens is 281 g/mol. The average molecular weight is 295 g/mol. The second-order valence-corrected chi connectivity index (χ2v) is 4.91. The Morgan fingerprint density at radius 3 is 2.76 bits per heavy atom. The van der Waals surface area contributed by atoms with Crippen LogP contribution in [-0.4, -0.2) is 34.7 Å². The number of nitrogens with zero attached hydrogens (tertiary/aromatic N) is 2. The molecule has 0 radical (unpaired) electrons. The number of nitro groups is 1. The number of piperidine rings is 1. The van der Waals surface area contributed by atoms with Crippen molar-refractivity contribution in [1.82, 2.24) is 4.90 Å². The molecule has 1 aliphatic rings. The lowest BCUT2D eigenvalue weighted by atomic mass is 9.96. The second-order valence-electron chi connectivity index (χ2n) is 4.91. The molecule has 0 saturated carbocycles. The number of amides is 2. The molecule has 112 valence electrons. The van der Waals surface area contributed by atoms with Gasteiger partial charge >= 0.3 is 0 Å². The first-order chi connectivity index (χ1) is 9.90. The number of carbonyl (C=O) groups is 2.